The van der Waals surface area contributed by atoms with Crippen LogP contribution in [-0.4, -0.2) is 39.5 Å². The highest BCUT2D eigenvalue weighted by atomic mass is 16.7. The lowest BCUT2D eigenvalue weighted by Crippen LogP contribution is -2.43. The molecule has 2 aliphatic rings. The number of hydrogen-bond acceptors (Lipinski definition) is 6. The first-order valence-corrected chi connectivity index (χ1v) is 12.7. The first-order chi connectivity index (χ1) is 17.5. The number of nitrogens with one attached hydrogen (secondary N) is 3. The Hall–Kier alpha value is -3.59. The zero-order valence-electron chi connectivity index (χ0n) is 20.8. The minimum atomic E-state index is -0.397. The van der Waals surface area contributed by atoms with Gasteiger partial charge in [-0.3, -0.25) is 14.3 Å². The Morgan fingerprint density at radius 1 is 1.11 bits per heavy atom. The first-order valence-electron chi connectivity index (χ1n) is 12.7. The van der Waals surface area contributed by atoms with Gasteiger partial charge in [0.25, 0.3) is 11.5 Å². The number of benzene rings is 1. The van der Waals surface area contributed by atoms with E-state index in [0.717, 1.165) is 56.3 Å². The predicted molar refractivity (Wildman–Crippen MR) is 136 cm³/mol. The molecule has 1 fully saturated rings. The molecule has 36 heavy (non-hydrogen) atoms. The minimum absolute atomic E-state index is 0.0539. The molecular formula is C27H33N5O4. The molecule has 3 aromatic rings. The third-order valence-electron chi connectivity index (χ3n) is 7.14. The maximum Gasteiger partial charge on any atom is 0.260 e. The maximum absolute atomic E-state index is 13.0. The van der Waals surface area contributed by atoms with Crippen molar-refractivity contribution in [2.24, 2.45) is 0 Å². The van der Waals surface area contributed by atoms with Crippen molar-refractivity contribution in [3.63, 3.8) is 0 Å². The molecule has 190 valence electrons. The number of pyridine rings is 1. The van der Waals surface area contributed by atoms with Crippen LogP contribution >= 0.6 is 0 Å². The van der Waals surface area contributed by atoms with Gasteiger partial charge in [0, 0.05) is 42.6 Å². The van der Waals surface area contributed by atoms with Gasteiger partial charge in [-0.25, -0.2) is 0 Å². The molecule has 1 aliphatic carbocycles. The second-order valence-corrected chi connectivity index (χ2v) is 9.58. The third-order valence-corrected chi connectivity index (χ3v) is 7.14. The summed E-state index contributed by atoms with van der Waals surface area (Å²) in [6.45, 7) is 6.22. The van der Waals surface area contributed by atoms with Gasteiger partial charge in [0.05, 0.1) is 6.20 Å². The summed E-state index contributed by atoms with van der Waals surface area (Å²) in [6.07, 6.45) is 8.33. The van der Waals surface area contributed by atoms with Gasteiger partial charge in [-0.2, -0.15) is 5.10 Å². The van der Waals surface area contributed by atoms with E-state index in [2.05, 4.69) is 39.2 Å². The molecule has 2 aromatic heterocycles. The standard InChI is InChI=1S/C27H33N5O4/c1-3-10-32-17(2)20(15-30-32)14-28-21-5-7-22(8-6-21)31-27(34)23-11-19(13-29-26(23)33)18-4-9-24-25(12-18)36-16-35-24/h4,9,11-13,15,21-22,28H,3,5-8,10,14,16H2,1-2H3,(H,29,33)(H,31,34). The fourth-order valence-electron chi connectivity index (χ4n) is 4.95. The quantitative estimate of drug-likeness (QED) is 0.445. The fraction of sp³-hybridized carbons (Fsp3) is 0.444. The summed E-state index contributed by atoms with van der Waals surface area (Å²) < 4.78 is 12.9. The van der Waals surface area contributed by atoms with Crippen LogP contribution in [0, 0.1) is 6.92 Å². The summed E-state index contributed by atoms with van der Waals surface area (Å²) in [4.78, 5) is 28.1. The zero-order valence-corrected chi connectivity index (χ0v) is 20.8. The van der Waals surface area contributed by atoms with E-state index in [9.17, 15) is 9.59 Å². The molecule has 1 aromatic carbocycles. The molecular weight excluding hydrogens is 458 g/mol. The second kappa shape index (κ2) is 10.6. The van der Waals surface area contributed by atoms with Gasteiger partial charge in [0.15, 0.2) is 11.5 Å². The lowest BCUT2D eigenvalue weighted by molar-refractivity contribution is 0.0922. The number of fused-ring (bicyclic) bond motifs is 1. The number of carbonyl (C=O) groups excluding carboxylic acids is 1. The van der Waals surface area contributed by atoms with Crippen molar-refractivity contribution in [3.8, 4) is 22.6 Å². The minimum Gasteiger partial charge on any atom is -0.454 e. The molecule has 0 bridgehead atoms. The van der Waals surface area contributed by atoms with E-state index in [1.54, 1.807) is 12.3 Å². The summed E-state index contributed by atoms with van der Waals surface area (Å²) in [5.74, 6) is 1.00. The molecule has 0 atom stereocenters. The van der Waals surface area contributed by atoms with Gasteiger partial charge in [-0.1, -0.05) is 13.0 Å². The Labute approximate surface area is 210 Å². The van der Waals surface area contributed by atoms with Crippen LogP contribution in [-0.2, 0) is 13.1 Å². The molecule has 3 heterocycles. The van der Waals surface area contributed by atoms with Crippen LogP contribution in [0.5, 0.6) is 11.5 Å². The lowest BCUT2D eigenvalue weighted by atomic mass is 9.90. The zero-order chi connectivity index (χ0) is 25.1. The van der Waals surface area contributed by atoms with Crippen molar-refractivity contribution in [2.75, 3.05) is 6.79 Å². The van der Waals surface area contributed by atoms with Crippen molar-refractivity contribution >= 4 is 5.91 Å². The van der Waals surface area contributed by atoms with Gasteiger partial charge >= 0.3 is 0 Å². The summed E-state index contributed by atoms with van der Waals surface area (Å²) >= 11 is 0. The number of aromatic amines is 1. The molecule has 1 aliphatic heterocycles. The molecule has 1 amide bonds. The molecule has 0 unspecified atom stereocenters. The summed E-state index contributed by atoms with van der Waals surface area (Å²) in [6, 6.07) is 7.66. The van der Waals surface area contributed by atoms with Crippen LogP contribution in [0.1, 0.15) is 60.6 Å². The van der Waals surface area contributed by atoms with E-state index >= 15 is 0 Å². The third kappa shape index (κ3) is 5.16. The maximum atomic E-state index is 13.0. The number of nitrogens with zero attached hydrogens (tertiary/aromatic N) is 2. The SMILES string of the molecule is CCCn1ncc(CNC2CCC(NC(=O)c3cc(-c4ccc5c(c4)OCO5)c[nH]c3=O)CC2)c1C. The van der Waals surface area contributed by atoms with Gasteiger partial charge in [-0.05, 0) is 68.4 Å². The highest BCUT2D eigenvalue weighted by Crippen LogP contribution is 2.35. The number of aromatic nitrogens is 3. The van der Waals surface area contributed by atoms with E-state index in [4.69, 9.17) is 9.47 Å². The smallest absolute Gasteiger partial charge is 0.260 e. The van der Waals surface area contributed by atoms with Crippen molar-refractivity contribution in [2.45, 2.75) is 71.1 Å². The molecule has 0 spiro atoms. The number of hydrogen-bond donors (Lipinski definition) is 3. The Bertz CT molecular complexity index is 1290. The van der Waals surface area contributed by atoms with E-state index < -0.39 is 5.56 Å². The Morgan fingerprint density at radius 3 is 2.69 bits per heavy atom. The van der Waals surface area contributed by atoms with E-state index in [1.807, 2.05) is 24.4 Å². The van der Waals surface area contributed by atoms with E-state index in [0.29, 0.717) is 17.5 Å². The average molecular weight is 492 g/mol. The summed E-state index contributed by atoms with van der Waals surface area (Å²) in [5, 5.41) is 11.2. The molecule has 3 N–H and O–H groups in total. The van der Waals surface area contributed by atoms with Crippen molar-refractivity contribution in [1.29, 1.82) is 0 Å². The molecule has 0 saturated heterocycles. The molecule has 9 nitrogen and oxygen atoms in total. The Morgan fingerprint density at radius 2 is 1.89 bits per heavy atom. The second-order valence-electron chi connectivity index (χ2n) is 9.58. The van der Waals surface area contributed by atoms with Crippen LogP contribution in [0.4, 0.5) is 0 Å². The van der Waals surface area contributed by atoms with Crippen LogP contribution in [0.25, 0.3) is 11.1 Å². The van der Waals surface area contributed by atoms with E-state index in [1.165, 1.54) is 11.3 Å². The van der Waals surface area contributed by atoms with Gasteiger partial charge < -0.3 is 25.1 Å². The topological polar surface area (TPSA) is 110 Å². The van der Waals surface area contributed by atoms with E-state index in [-0.39, 0.29) is 24.3 Å². The highest BCUT2D eigenvalue weighted by Gasteiger charge is 2.24. The van der Waals surface area contributed by atoms with Crippen LogP contribution < -0.4 is 25.7 Å². The van der Waals surface area contributed by atoms with Gasteiger partial charge in [-0.15, -0.1) is 0 Å². The van der Waals surface area contributed by atoms with Gasteiger partial charge in [0.2, 0.25) is 6.79 Å². The summed E-state index contributed by atoms with van der Waals surface area (Å²) in [5.41, 5.74) is 3.75. The number of carbonyl (C=O) groups is 1. The molecule has 0 radical (unpaired) electrons. The molecule has 9 heteroatoms. The van der Waals surface area contributed by atoms with Crippen LogP contribution in [0.3, 0.4) is 0 Å². The largest absolute Gasteiger partial charge is 0.454 e. The Kier molecular flexibility index (Phi) is 7.09. The van der Waals surface area contributed by atoms with Crippen molar-refractivity contribution in [1.82, 2.24) is 25.4 Å². The predicted octanol–water partition coefficient (Wildman–Crippen LogP) is 3.52. The van der Waals surface area contributed by atoms with Crippen molar-refractivity contribution < 1.29 is 14.3 Å². The van der Waals surface area contributed by atoms with Crippen LogP contribution in [0.2, 0.25) is 0 Å². The number of ether oxygens (including phenoxy) is 2. The Balaban J connectivity index is 1.16. The number of H-pyrrole nitrogens is 1. The average Bonchev–Trinajstić information content (AvgIpc) is 3.50. The van der Waals surface area contributed by atoms with Gasteiger partial charge in [0.1, 0.15) is 5.56 Å². The molecule has 1 saturated carbocycles. The monoisotopic (exact) mass is 491 g/mol. The van der Waals surface area contributed by atoms with Crippen molar-refractivity contribution in [3.05, 3.63) is 63.8 Å². The first kappa shape index (κ1) is 24.1. The number of amides is 1. The lowest BCUT2D eigenvalue weighted by Gasteiger charge is -2.29. The molecule has 5 rings (SSSR count). The number of rotatable bonds is 8. The fourth-order valence-corrected chi connectivity index (χ4v) is 4.95. The number of aryl methyl sites for hydroxylation is 1. The highest BCUT2D eigenvalue weighted by molar-refractivity contribution is 5.95. The normalized spacial score (nSPS) is 18.8. The summed E-state index contributed by atoms with van der Waals surface area (Å²) in [7, 11) is 0. The van der Waals surface area contributed by atoms with Crippen LogP contribution in [0.15, 0.2) is 41.5 Å².